The van der Waals surface area contributed by atoms with Gasteiger partial charge in [-0.05, 0) is 38.1 Å². The molecule has 1 N–H and O–H groups in total. The van der Waals surface area contributed by atoms with Gasteiger partial charge < -0.3 is 5.32 Å². The zero-order chi connectivity index (χ0) is 15.5. The third kappa shape index (κ3) is 3.39. The highest BCUT2D eigenvalue weighted by Crippen LogP contribution is 2.29. The first kappa shape index (κ1) is 15.6. The summed E-state index contributed by atoms with van der Waals surface area (Å²) in [6.07, 6.45) is 1.82. The van der Waals surface area contributed by atoms with Crippen LogP contribution in [0.4, 0.5) is 5.13 Å². The van der Waals surface area contributed by atoms with Crippen LogP contribution in [0.25, 0.3) is 11.3 Å². The fourth-order valence-corrected chi connectivity index (χ4v) is 3.68. The molecule has 0 atom stereocenters. The predicted molar refractivity (Wildman–Crippen MR) is 94.3 cm³/mol. The van der Waals surface area contributed by atoms with E-state index in [1.165, 1.54) is 11.3 Å². The molecular weight excluding hydrogens is 362 g/mol. The number of halogens is 1. The Morgan fingerprint density at radius 3 is 2.68 bits per heavy atom. The zero-order valence-corrected chi connectivity index (χ0v) is 14.8. The number of piperidine rings is 1. The molecule has 1 aromatic carbocycles. The average Bonchev–Trinajstić information content (AvgIpc) is 3.05. The molecular formula is C16H18BrN3OS. The molecule has 1 aliphatic rings. The Morgan fingerprint density at radius 2 is 2.00 bits per heavy atom. The Morgan fingerprint density at radius 1 is 1.32 bits per heavy atom. The topological polar surface area (TPSA) is 45.2 Å². The van der Waals surface area contributed by atoms with Crippen LogP contribution in [0.3, 0.4) is 0 Å². The molecule has 3 rings (SSSR count). The van der Waals surface area contributed by atoms with Crippen molar-refractivity contribution in [3.8, 4) is 11.3 Å². The van der Waals surface area contributed by atoms with Crippen molar-refractivity contribution in [2.45, 2.75) is 12.8 Å². The Bertz CT molecular complexity index is 650. The Labute approximate surface area is 142 Å². The van der Waals surface area contributed by atoms with E-state index >= 15 is 0 Å². The number of nitrogens with zero attached hydrogens (tertiary/aromatic N) is 2. The van der Waals surface area contributed by atoms with Gasteiger partial charge in [-0.2, -0.15) is 0 Å². The summed E-state index contributed by atoms with van der Waals surface area (Å²) in [4.78, 5) is 18.9. The second-order valence-electron chi connectivity index (χ2n) is 5.44. The molecule has 0 saturated carbocycles. The van der Waals surface area contributed by atoms with Crippen LogP contribution in [0, 0.1) is 5.92 Å². The van der Waals surface area contributed by atoms with Gasteiger partial charge in [-0.3, -0.25) is 9.69 Å². The first-order chi connectivity index (χ1) is 10.6. The lowest BCUT2D eigenvalue weighted by Gasteiger charge is -2.25. The molecule has 1 aromatic heterocycles. The van der Waals surface area contributed by atoms with Crippen LogP contribution in [0.5, 0.6) is 0 Å². The van der Waals surface area contributed by atoms with Gasteiger partial charge in [0.25, 0.3) is 0 Å². The minimum Gasteiger partial charge on any atom is -0.317 e. The normalized spacial score (nSPS) is 15.7. The molecule has 1 fully saturated rings. The van der Waals surface area contributed by atoms with Gasteiger partial charge in [-0.15, -0.1) is 11.3 Å². The van der Waals surface area contributed by atoms with E-state index in [0.29, 0.717) is 0 Å². The molecule has 1 saturated heterocycles. The fourth-order valence-electron chi connectivity index (χ4n) is 2.61. The molecule has 1 aliphatic heterocycles. The summed E-state index contributed by atoms with van der Waals surface area (Å²) in [5.74, 6) is 0.296. The quantitative estimate of drug-likeness (QED) is 0.886. The van der Waals surface area contributed by atoms with Crippen LogP contribution in [0.15, 0.2) is 34.1 Å². The molecule has 0 unspecified atom stereocenters. The van der Waals surface area contributed by atoms with Gasteiger partial charge in [0.2, 0.25) is 5.91 Å². The number of nitrogens with one attached hydrogen (secondary N) is 1. The maximum Gasteiger partial charge on any atom is 0.231 e. The number of benzene rings is 1. The first-order valence-electron chi connectivity index (χ1n) is 7.35. The molecule has 0 aliphatic carbocycles. The summed E-state index contributed by atoms with van der Waals surface area (Å²) >= 11 is 4.95. The first-order valence-corrected chi connectivity index (χ1v) is 9.02. The maximum atomic E-state index is 12.5. The van der Waals surface area contributed by atoms with Crippen LogP contribution >= 0.6 is 27.3 Å². The summed E-state index contributed by atoms with van der Waals surface area (Å²) < 4.78 is 1.05. The van der Waals surface area contributed by atoms with E-state index < -0.39 is 0 Å². The molecule has 2 heterocycles. The zero-order valence-electron chi connectivity index (χ0n) is 12.4. The van der Waals surface area contributed by atoms with Crippen LogP contribution in [-0.2, 0) is 4.79 Å². The van der Waals surface area contributed by atoms with E-state index in [0.717, 1.165) is 46.8 Å². The van der Waals surface area contributed by atoms with E-state index in [1.54, 1.807) is 4.90 Å². The molecule has 0 spiro atoms. The fraction of sp³-hybridized carbons (Fsp3) is 0.375. The lowest BCUT2D eigenvalue weighted by atomic mass is 9.97. The highest BCUT2D eigenvalue weighted by Gasteiger charge is 2.26. The molecule has 0 radical (unpaired) electrons. The van der Waals surface area contributed by atoms with Crippen molar-refractivity contribution >= 4 is 38.3 Å². The lowest BCUT2D eigenvalue weighted by molar-refractivity contribution is -0.122. The SMILES string of the molecule is CN(C(=O)C1CCNCC1)c1nc(-c2ccc(Br)cc2)cs1. The highest BCUT2D eigenvalue weighted by molar-refractivity contribution is 9.10. The van der Waals surface area contributed by atoms with Crippen molar-refractivity contribution in [1.29, 1.82) is 0 Å². The number of aromatic nitrogens is 1. The lowest BCUT2D eigenvalue weighted by Crippen LogP contribution is -2.39. The number of amides is 1. The Balaban J connectivity index is 1.74. The summed E-state index contributed by atoms with van der Waals surface area (Å²) in [7, 11) is 1.83. The van der Waals surface area contributed by atoms with Crippen LogP contribution in [0.2, 0.25) is 0 Å². The van der Waals surface area contributed by atoms with E-state index in [1.807, 2.05) is 36.7 Å². The van der Waals surface area contributed by atoms with Gasteiger partial charge in [0.15, 0.2) is 5.13 Å². The largest absolute Gasteiger partial charge is 0.317 e. The van der Waals surface area contributed by atoms with E-state index in [2.05, 4.69) is 26.2 Å². The second kappa shape index (κ2) is 6.89. The van der Waals surface area contributed by atoms with Gasteiger partial charge in [-0.1, -0.05) is 28.1 Å². The van der Waals surface area contributed by atoms with E-state index in [9.17, 15) is 4.79 Å². The summed E-state index contributed by atoms with van der Waals surface area (Å²) in [6, 6.07) is 8.05. The molecule has 4 nitrogen and oxygen atoms in total. The monoisotopic (exact) mass is 379 g/mol. The number of carbonyl (C=O) groups excluding carboxylic acids is 1. The molecule has 116 valence electrons. The molecule has 22 heavy (non-hydrogen) atoms. The number of hydrogen-bond acceptors (Lipinski definition) is 4. The number of rotatable bonds is 3. The maximum absolute atomic E-state index is 12.5. The predicted octanol–water partition coefficient (Wildman–Crippen LogP) is 3.54. The van der Waals surface area contributed by atoms with Crippen molar-refractivity contribution in [1.82, 2.24) is 10.3 Å². The van der Waals surface area contributed by atoms with Gasteiger partial charge in [-0.25, -0.2) is 4.98 Å². The van der Waals surface area contributed by atoms with Gasteiger partial charge in [0, 0.05) is 28.4 Å². The van der Waals surface area contributed by atoms with Crippen molar-refractivity contribution in [2.24, 2.45) is 5.92 Å². The number of anilines is 1. The van der Waals surface area contributed by atoms with E-state index in [4.69, 9.17) is 0 Å². The van der Waals surface area contributed by atoms with Crippen molar-refractivity contribution in [2.75, 3.05) is 25.0 Å². The van der Waals surface area contributed by atoms with Crippen molar-refractivity contribution in [3.63, 3.8) is 0 Å². The standard InChI is InChI=1S/C16H18BrN3OS/c1-20(15(21)12-6-8-18-9-7-12)16-19-14(10-22-16)11-2-4-13(17)5-3-11/h2-5,10,12,18H,6-9H2,1H3. The van der Waals surface area contributed by atoms with Crippen molar-refractivity contribution in [3.05, 3.63) is 34.1 Å². The second-order valence-corrected chi connectivity index (χ2v) is 7.20. The molecule has 1 amide bonds. The van der Waals surface area contributed by atoms with Crippen LogP contribution in [-0.4, -0.2) is 31.0 Å². The highest BCUT2D eigenvalue weighted by atomic mass is 79.9. The van der Waals surface area contributed by atoms with Gasteiger partial charge >= 0.3 is 0 Å². The third-order valence-corrected chi connectivity index (χ3v) is 5.38. The number of carbonyl (C=O) groups is 1. The molecule has 2 aromatic rings. The number of thiazole rings is 1. The molecule has 6 heteroatoms. The van der Waals surface area contributed by atoms with Crippen LogP contribution < -0.4 is 10.2 Å². The van der Waals surface area contributed by atoms with E-state index in [-0.39, 0.29) is 11.8 Å². The minimum atomic E-state index is 0.117. The Kier molecular flexibility index (Phi) is 4.90. The molecule has 0 bridgehead atoms. The third-order valence-electron chi connectivity index (χ3n) is 3.94. The average molecular weight is 380 g/mol. The minimum absolute atomic E-state index is 0.117. The van der Waals surface area contributed by atoms with Gasteiger partial charge in [0.05, 0.1) is 5.69 Å². The number of hydrogen-bond donors (Lipinski definition) is 1. The van der Waals surface area contributed by atoms with Crippen molar-refractivity contribution < 1.29 is 4.79 Å². The van der Waals surface area contributed by atoms with Crippen LogP contribution in [0.1, 0.15) is 12.8 Å². The summed E-state index contributed by atoms with van der Waals surface area (Å²) in [5.41, 5.74) is 1.98. The Hall–Kier alpha value is -1.24. The van der Waals surface area contributed by atoms with Gasteiger partial charge in [0.1, 0.15) is 0 Å². The smallest absolute Gasteiger partial charge is 0.231 e. The summed E-state index contributed by atoms with van der Waals surface area (Å²) in [5, 5.41) is 6.06. The summed E-state index contributed by atoms with van der Waals surface area (Å²) in [6.45, 7) is 1.85.